The quantitative estimate of drug-likeness (QED) is 0.506. The lowest BCUT2D eigenvalue weighted by molar-refractivity contribution is -0.119. The number of nitrogens with one attached hydrogen (secondary N) is 2. The summed E-state index contributed by atoms with van der Waals surface area (Å²) in [5.74, 6) is 0.467. The van der Waals surface area contributed by atoms with Crippen molar-refractivity contribution in [1.29, 1.82) is 0 Å². The van der Waals surface area contributed by atoms with Gasteiger partial charge in [-0.05, 0) is 49.8 Å². The van der Waals surface area contributed by atoms with Crippen molar-refractivity contribution in [3.63, 3.8) is 0 Å². The Bertz CT molecular complexity index is 1190. The molecule has 10 nitrogen and oxygen atoms in total. The van der Waals surface area contributed by atoms with Crippen LogP contribution in [-0.2, 0) is 18.9 Å². The molecule has 1 unspecified atom stereocenters. The average molecular weight is 477 g/mol. The Hall–Kier alpha value is -3.56. The van der Waals surface area contributed by atoms with Gasteiger partial charge < -0.3 is 10.6 Å². The molecule has 2 aliphatic rings. The van der Waals surface area contributed by atoms with E-state index in [2.05, 4.69) is 31.0 Å². The van der Waals surface area contributed by atoms with Gasteiger partial charge in [-0.15, -0.1) is 5.10 Å². The summed E-state index contributed by atoms with van der Waals surface area (Å²) in [6, 6.07) is 4.74. The Morgan fingerprint density at radius 3 is 2.40 bits per heavy atom. The molecular weight excluding hydrogens is 444 g/mol. The second-order valence-electron chi connectivity index (χ2n) is 9.69. The monoisotopic (exact) mass is 476 g/mol. The van der Waals surface area contributed by atoms with E-state index in [0.29, 0.717) is 17.4 Å². The summed E-state index contributed by atoms with van der Waals surface area (Å²) in [6.45, 7) is 0. The molecule has 1 atom stereocenters. The van der Waals surface area contributed by atoms with Crippen molar-refractivity contribution in [2.24, 2.45) is 20.0 Å². The van der Waals surface area contributed by atoms with Gasteiger partial charge in [0.2, 0.25) is 5.91 Å². The third-order valence-corrected chi connectivity index (χ3v) is 7.10. The number of hydrogen-bond acceptors (Lipinski definition) is 6. The van der Waals surface area contributed by atoms with Gasteiger partial charge >= 0.3 is 0 Å². The molecule has 0 radical (unpaired) electrons. The normalized spacial score (nSPS) is 17.5. The van der Waals surface area contributed by atoms with Crippen LogP contribution in [0.15, 0.2) is 30.6 Å². The highest BCUT2D eigenvalue weighted by Gasteiger charge is 2.32. The van der Waals surface area contributed by atoms with Crippen LogP contribution in [0.2, 0.25) is 0 Å². The minimum atomic E-state index is -0.639. The molecule has 184 valence electrons. The summed E-state index contributed by atoms with van der Waals surface area (Å²) in [5.41, 5.74) is 3.33. The fourth-order valence-electron chi connectivity index (χ4n) is 5.01. The van der Waals surface area contributed by atoms with Crippen molar-refractivity contribution in [2.75, 3.05) is 5.32 Å². The first-order chi connectivity index (χ1) is 17.0. The standard InChI is InChI=1S/C25H32N8O2/c1-32-19(13-14-27-32)24(34)29-22(16-7-5-3-4-6-8-16)25(35)28-20-12-11-18(15-26-20)23-21(17-9-10-17)30-31-33(23)2/h11-17,22H,3-10H2,1-2H3,(H,29,34)(H,26,28,35). The Morgan fingerprint density at radius 2 is 1.77 bits per heavy atom. The first kappa shape index (κ1) is 23.2. The zero-order chi connectivity index (χ0) is 24.4. The van der Waals surface area contributed by atoms with Gasteiger partial charge in [-0.1, -0.05) is 30.9 Å². The fourth-order valence-corrected chi connectivity index (χ4v) is 5.01. The van der Waals surface area contributed by atoms with Gasteiger partial charge in [0, 0.05) is 38.0 Å². The topological polar surface area (TPSA) is 120 Å². The smallest absolute Gasteiger partial charge is 0.270 e. The molecular formula is C25H32N8O2. The van der Waals surface area contributed by atoms with Gasteiger partial charge in [-0.2, -0.15) is 5.10 Å². The van der Waals surface area contributed by atoms with E-state index in [1.807, 2.05) is 13.1 Å². The summed E-state index contributed by atoms with van der Waals surface area (Å²) in [7, 11) is 3.60. The number of aryl methyl sites for hydroxylation is 2. The summed E-state index contributed by atoms with van der Waals surface area (Å²) in [5, 5.41) is 18.5. The second-order valence-corrected chi connectivity index (χ2v) is 9.69. The molecule has 0 aliphatic heterocycles. The highest BCUT2D eigenvalue weighted by atomic mass is 16.2. The van der Waals surface area contributed by atoms with Gasteiger partial charge in [0.1, 0.15) is 17.6 Å². The maximum absolute atomic E-state index is 13.4. The van der Waals surface area contributed by atoms with E-state index in [0.717, 1.165) is 68.3 Å². The van der Waals surface area contributed by atoms with Crippen LogP contribution >= 0.6 is 0 Å². The first-order valence-electron chi connectivity index (χ1n) is 12.5. The van der Waals surface area contributed by atoms with E-state index in [1.165, 1.54) is 4.68 Å². The molecule has 2 aliphatic carbocycles. The van der Waals surface area contributed by atoms with E-state index in [1.54, 1.807) is 36.3 Å². The number of aromatic nitrogens is 6. The molecule has 3 aromatic rings. The number of anilines is 1. The lowest BCUT2D eigenvalue weighted by Crippen LogP contribution is -2.49. The van der Waals surface area contributed by atoms with Gasteiger partial charge in [0.15, 0.2) is 0 Å². The Kier molecular flexibility index (Phi) is 6.61. The highest BCUT2D eigenvalue weighted by Crippen LogP contribution is 2.42. The number of hydrogen-bond donors (Lipinski definition) is 2. The SMILES string of the molecule is Cn1nccc1C(=O)NC(C(=O)Nc1ccc(-c2c(C3CC3)nnn2C)cn1)C1CCCCCC1. The van der Waals surface area contributed by atoms with Crippen molar-refractivity contribution in [2.45, 2.75) is 63.3 Å². The number of carbonyl (C=O) groups excluding carboxylic acids is 2. The van der Waals surface area contributed by atoms with E-state index in [4.69, 9.17) is 0 Å². The lowest BCUT2D eigenvalue weighted by atomic mass is 9.91. The number of pyridine rings is 1. The first-order valence-corrected chi connectivity index (χ1v) is 12.5. The highest BCUT2D eigenvalue weighted by molar-refractivity contribution is 6.00. The minimum absolute atomic E-state index is 0.0792. The van der Waals surface area contributed by atoms with Crippen LogP contribution in [0.4, 0.5) is 5.82 Å². The lowest BCUT2D eigenvalue weighted by Gasteiger charge is -2.26. The summed E-state index contributed by atoms with van der Waals surface area (Å²) < 4.78 is 3.29. The van der Waals surface area contributed by atoms with Crippen LogP contribution in [0.25, 0.3) is 11.3 Å². The van der Waals surface area contributed by atoms with E-state index in [9.17, 15) is 9.59 Å². The predicted octanol–water partition coefficient (Wildman–Crippen LogP) is 3.20. The number of nitrogens with zero attached hydrogens (tertiary/aromatic N) is 6. The van der Waals surface area contributed by atoms with Crippen LogP contribution in [-0.4, -0.2) is 47.6 Å². The minimum Gasteiger partial charge on any atom is -0.339 e. The number of rotatable bonds is 7. The van der Waals surface area contributed by atoms with Crippen LogP contribution < -0.4 is 10.6 Å². The van der Waals surface area contributed by atoms with Crippen LogP contribution in [0, 0.1) is 5.92 Å². The van der Waals surface area contributed by atoms with E-state index >= 15 is 0 Å². The van der Waals surface area contributed by atoms with Crippen molar-refractivity contribution in [3.8, 4) is 11.3 Å². The maximum atomic E-state index is 13.4. The second kappa shape index (κ2) is 9.97. The third kappa shape index (κ3) is 5.11. The largest absolute Gasteiger partial charge is 0.339 e. The maximum Gasteiger partial charge on any atom is 0.270 e. The van der Waals surface area contributed by atoms with Crippen molar-refractivity contribution in [1.82, 2.24) is 35.1 Å². The Morgan fingerprint density at radius 1 is 1.00 bits per heavy atom. The molecule has 0 aromatic carbocycles. The van der Waals surface area contributed by atoms with Gasteiger partial charge in [0.25, 0.3) is 5.91 Å². The molecule has 3 heterocycles. The molecule has 2 fully saturated rings. The molecule has 0 bridgehead atoms. The van der Waals surface area contributed by atoms with Crippen molar-refractivity contribution < 1.29 is 9.59 Å². The number of amides is 2. The van der Waals surface area contributed by atoms with Crippen molar-refractivity contribution in [3.05, 3.63) is 42.0 Å². The zero-order valence-electron chi connectivity index (χ0n) is 20.3. The van der Waals surface area contributed by atoms with Crippen LogP contribution in [0.1, 0.15) is 73.5 Å². The third-order valence-electron chi connectivity index (χ3n) is 7.10. The summed E-state index contributed by atoms with van der Waals surface area (Å²) in [6.07, 6.45) is 11.9. The Balaban J connectivity index is 1.33. The Labute approximate surface area is 204 Å². The molecule has 10 heteroatoms. The van der Waals surface area contributed by atoms with Crippen LogP contribution in [0.5, 0.6) is 0 Å². The molecule has 2 amide bonds. The summed E-state index contributed by atoms with van der Waals surface area (Å²) in [4.78, 5) is 30.9. The van der Waals surface area contributed by atoms with Gasteiger partial charge in [0.05, 0.1) is 11.4 Å². The van der Waals surface area contributed by atoms with Gasteiger partial charge in [-0.25, -0.2) is 9.67 Å². The molecule has 35 heavy (non-hydrogen) atoms. The predicted molar refractivity (Wildman–Crippen MR) is 130 cm³/mol. The van der Waals surface area contributed by atoms with E-state index < -0.39 is 6.04 Å². The van der Waals surface area contributed by atoms with E-state index in [-0.39, 0.29) is 17.7 Å². The molecule has 2 saturated carbocycles. The van der Waals surface area contributed by atoms with Crippen LogP contribution in [0.3, 0.4) is 0 Å². The molecule has 3 aromatic heterocycles. The zero-order valence-corrected chi connectivity index (χ0v) is 20.3. The van der Waals surface area contributed by atoms with Crippen molar-refractivity contribution >= 4 is 17.6 Å². The average Bonchev–Trinajstić information content (AvgIpc) is 3.57. The molecule has 0 saturated heterocycles. The van der Waals surface area contributed by atoms with Gasteiger partial charge in [-0.3, -0.25) is 14.3 Å². The molecule has 0 spiro atoms. The number of carbonyl (C=O) groups is 2. The fraction of sp³-hybridized carbons (Fsp3) is 0.520. The molecule has 2 N–H and O–H groups in total. The summed E-state index contributed by atoms with van der Waals surface area (Å²) >= 11 is 0. The molecule has 5 rings (SSSR count).